The molecule has 2 aliphatic rings. The number of aromatic nitrogens is 2. The van der Waals surface area contributed by atoms with Crippen molar-refractivity contribution in [2.24, 2.45) is 0 Å². The third-order valence-electron chi connectivity index (χ3n) is 6.31. The van der Waals surface area contributed by atoms with Crippen molar-refractivity contribution in [2.45, 2.75) is 19.8 Å². The maximum atomic E-state index is 11.9. The number of amides is 2. The van der Waals surface area contributed by atoms with Crippen molar-refractivity contribution in [3.05, 3.63) is 58.2 Å². The SMILES string of the molecule is CCCCN1CCN(c2ccc(-c3cccc4ncc(C=C5SC(=O)NC5=O)nc34)cc2Cl)CC1. The number of rotatable bonds is 6. The van der Waals surface area contributed by atoms with E-state index in [-0.39, 0.29) is 5.24 Å². The molecule has 35 heavy (non-hydrogen) atoms. The molecule has 3 heterocycles. The summed E-state index contributed by atoms with van der Waals surface area (Å²) in [6.07, 6.45) is 5.65. The number of fused-ring (bicyclic) bond motifs is 1. The Bertz CT molecular complexity index is 1320. The smallest absolute Gasteiger partial charge is 0.290 e. The van der Waals surface area contributed by atoms with E-state index < -0.39 is 5.91 Å². The van der Waals surface area contributed by atoms with Crippen molar-refractivity contribution in [3.63, 3.8) is 0 Å². The lowest BCUT2D eigenvalue weighted by molar-refractivity contribution is -0.115. The number of halogens is 1. The molecule has 0 unspecified atom stereocenters. The topological polar surface area (TPSA) is 78.4 Å². The molecule has 180 valence electrons. The normalized spacial score (nSPS) is 18.0. The van der Waals surface area contributed by atoms with Crippen LogP contribution in [0.25, 0.3) is 28.2 Å². The number of carbonyl (C=O) groups excluding carboxylic acids is 2. The van der Waals surface area contributed by atoms with E-state index in [1.165, 1.54) is 12.8 Å². The van der Waals surface area contributed by atoms with Gasteiger partial charge in [0, 0.05) is 31.7 Å². The van der Waals surface area contributed by atoms with Crippen molar-refractivity contribution < 1.29 is 9.59 Å². The van der Waals surface area contributed by atoms with Crippen LogP contribution >= 0.6 is 23.4 Å². The monoisotopic (exact) mass is 507 g/mol. The van der Waals surface area contributed by atoms with Crippen LogP contribution in [0.3, 0.4) is 0 Å². The number of benzene rings is 2. The fourth-order valence-electron chi connectivity index (χ4n) is 4.43. The summed E-state index contributed by atoms with van der Waals surface area (Å²) in [5.41, 5.74) is 4.88. The number of hydrogen-bond acceptors (Lipinski definition) is 7. The Labute approximate surface area is 213 Å². The van der Waals surface area contributed by atoms with E-state index in [1.54, 1.807) is 12.3 Å². The highest BCUT2D eigenvalue weighted by Gasteiger charge is 2.25. The van der Waals surface area contributed by atoms with Gasteiger partial charge in [-0.05, 0) is 54.6 Å². The van der Waals surface area contributed by atoms with Gasteiger partial charge in [-0.15, -0.1) is 0 Å². The second-order valence-corrected chi connectivity index (χ2v) is 10.1. The van der Waals surface area contributed by atoms with E-state index in [0.29, 0.717) is 21.1 Å². The average Bonchev–Trinajstić information content (AvgIpc) is 3.18. The first-order valence-corrected chi connectivity index (χ1v) is 13.0. The minimum absolute atomic E-state index is 0.309. The molecule has 0 atom stereocenters. The van der Waals surface area contributed by atoms with E-state index in [9.17, 15) is 9.59 Å². The molecular weight excluding hydrogens is 482 g/mol. The lowest BCUT2D eigenvalue weighted by atomic mass is 10.0. The second kappa shape index (κ2) is 10.4. The highest BCUT2D eigenvalue weighted by atomic mass is 35.5. The van der Waals surface area contributed by atoms with Crippen LogP contribution in [-0.2, 0) is 4.79 Å². The molecule has 2 amide bonds. The maximum Gasteiger partial charge on any atom is 0.290 e. The van der Waals surface area contributed by atoms with Crippen LogP contribution in [0.2, 0.25) is 5.02 Å². The summed E-state index contributed by atoms with van der Waals surface area (Å²) in [5.74, 6) is -0.413. The third-order valence-corrected chi connectivity index (χ3v) is 7.43. The van der Waals surface area contributed by atoms with Gasteiger partial charge in [0.15, 0.2) is 0 Å². The summed E-state index contributed by atoms with van der Waals surface area (Å²) in [4.78, 5) is 37.8. The molecule has 5 rings (SSSR count). The molecule has 7 nitrogen and oxygen atoms in total. The fraction of sp³-hybridized carbons (Fsp3) is 0.308. The van der Waals surface area contributed by atoms with Gasteiger partial charge in [0.2, 0.25) is 0 Å². The molecule has 9 heteroatoms. The highest BCUT2D eigenvalue weighted by Crippen LogP contribution is 2.34. The van der Waals surface area contributed by atoms with Gasteiger partial charge < -0.3 is 4.90 Å². The molecule has 0 aliphatic carbocycles. The van der Waals surface area contributed by atoms with Gasteiger partial charge in [0.25, 0.3) is 11.1 Å². The first-order valence-electron chi connectivity index (χ1n) is 11.8. The number of carbonyl (C=O) groups is 2. The zero-order valence-electron chi connectivity index (χ0n) is 19.5. The number of thioether (sulfide) groups is 1. The number of anilines is 1. The summed E-state index contributed by atoms with van der Waals surface area (Å²) < 4.78 is 0. The molecule has 0 bridgehead atoms. The molecule has 0 spiro atoms. The number of nitrogens with one attached hydrogen (secondary N) is 1. The molecule has 2 aliphatic heterocycles. The van der Waals surface area contributed by atoms with E-state index in [1.807, 2.05) is 24.3 Å². The third kappa shape index (κ3) is 5.19. The quantitative estimate of drug-likeness (QED) is 0.459. The molecule has 2 saturated heterocycles. The number of imide groups is 1. The summed E-state index contributed by atoms with van der Waals surface area (Å²) in [6.45, 7) is 7.43. The Morgan fingerprint density at radius 2 is 1.97 bits per heavy atom. The lowest BCUT2D eigenvalue weighted by Crippen LogP contribution is -2.46. The van der Waals surface area contributed by atoms with Crippen LogP contribution in [0.5, 0.6) is 0 Å². The van der Waals surface area contributed by atoms with Gasteiger partial charge in [0.1, 0.15) is 0 Å². The zero-order valence-corrected chi connectivity index (χ0v) is 21.0. The van der Waals surface area contributed by atoms with Gasteiger partial charge in [-0.25, -0.2) is 4.98 Å². The van der Waals surface area contributed by atoms with Crippen molar-refractivity contribution >= 4 is 57.3 Å². The first-order chi connectivity index (χ1) is 17.0. The van der Waals surface area contributed by atoms with E-state index in [4.69, 9.17) is 16.6 Å². The molecule has 3 aromatic rings. The Kier molecular flexibility index (Phi) is 7.04. The number of hydrogen-bond donors (Lipinski definition) is 1. The number of unbranched alkanes of at least 4 members (excludes halogenated alkanes) is 1. The van der Waals surface area contributed by atoms with E-state index in [0.717, 1.165) is 66.8 Å². The fourth-order valence-corrected chi connectivity index (χ4v) is 5.40. The Morgan fingerprint density at radius 3 is 2.69 bits per heavy atom. The predicted octanol–water partition coefficient (Wildman–Crippen LogP) is 5.20. The van der Waals surface area contributed by atoms with Crippen molar-refractivity contribution in [2.75, 3.05) is 37.6 Å². The molecule has 2 fully saturated rings. The first kappa shape index (κ1) is 23.8. The van der Waals surface area contributed by atoms with Gasteiger partial charge in [-0.3, -0.25) is 24.8 Å². The molecule has 1 N–H and O–H groups in total. The van der Waals surface area contributed by atoms with Crippen LogP contribution in [0.1, 0.15) is 25.5 Å². The predicted molar refractivity (Wildman–Crippen MR) is 143 cm³/mol. The summed E-state index contributed by atoms with van der Waals surface area (Å²) in [5, 5.41) is 2.59. The largest absolute Gasteiger partial charge is 0.368 e. The van der Waals surface area contributed by atoms with Gasteiger partial charge in [0.05, 0.1) is 38.5 Å². The Morgan fingerprint density at radius 1 is 1.14 bits per heavy atom. The number of nitrogens with zero attached hydrogens (tertiary/aromatic N) is 4. The van der Waals surface area contributed by atoms with E-state index >= 15 is 0 Å². The Balaban J connectivity index is 1.41. The van der Waals surface area contributed by atoms with Gasteiger partial charge >= 0.3 is 0 Å². The minimum Gasteiger partial charge on any atom is -0.368 e. The van der Waals surface area contributed by atoms with Crippen molar-refractivity contribution in [3.8, 4) is 11.1 Å². The van der Waals surface area contributed by atoms with Crippen LogP contribution in [0.15, 0.2) is 47.5 Å². The van der Waals surface area contributed by atoms with Crippen LogP contribution in [0, 0.1) is 0 Å². The molecule has 2 aromatic carbocycles. The van der Waals surface area contributed by atoms with Gasteiger partial charge in [-0.2, -0.15) is 0 Å². The molecule has 0 radical (unpaired) electrons. The molecule has 0 saturated carbocycles. The summed E-state index contributed by atoms with van der Waals surface area (Å²) >= 11 is 7.64. The highest BCUT2D eigenvalue weighted by molar-refractivity contribution is 8.18. The second-order valence-electron chi connectivity index (χ2n) is 8.67. The molecular formula is C26H26ClN5O2S. The zero-order chi connectivity index (χ0) is 24.4. The number of para-hydroxylation sites is 1. The van der Waals surface area contributed by atoms with Crippen molar-refractivity contribution in [1.82, 2.24) is 20.2 Å². The average molecular weight is 508 g/mol. The standard InChI is InChI=1S/C26H26ClN5O2S/c1-2-3-9-31-10-12-32(13-11-31)22-8-7-17(14-20(22)27)19-5-4-6-21-24(19)29-18(16-28-21)15-23-25(33)30-26(34)35-23/h4-8,14-16H,2-3,9-13H2,1H3,(H,30,33,34). The minimum atomic E-state index is -0.413. The maximum absolute atomic E-state index is 11.9. The van der Waals surface area contributed by atoms with Crippen LogP contribution in [-0.4, -0.2) is 58.7 Å². The van der Waals surface area contributed by atoms with Crippen molar-refractivity contribution in [1.29, 1.82) is 0 Å². The Hall–Kier alpha value is -2.94. The summed E-state index contributed by atoms with van der Waals surface area (Å²) in [7, 11) is 0. The van der Waals surface area contributed by atoms with Crippen LogP contribution < -0.4 is 10.2 Å². The number of piperazine rings is 1. The summed E-state index contributed by atoms with van der Waals surface area (Å²) in [6, 6.07) is 12.0. The van der Waals surface area contributed by atoms with Crippen LogP contribution in [0.4, 0.5) is 10.5 Å². The van der Waals surface area contributed by atoms with E-state index in [2.05, 4.69) is 39.2 Å². The molecule has 1 aromatic heterocycles. The lowest BCUT2D eigenvalue weighted by Gasteiger charge is -2.36. The van der Waals surface area contributed by atoms with Gasteiger partial charge in [-0.1, -0.05) is 43.1 Å².